The van der Waals surface area contributed by atoms with E-state index in [0.29, 0.717) is 36.9 Å². The van der Waals surface area contributed by atoms with Crippen LogP contribution in [0.15, 0.2) is 36.7 Å². The second kappa shape index (κ2) is 9.05. The third-order valence-electron chi connectivity index (χ3n) is 5.87. The number of pyridine rings is 2. The van der Waals surface area contributed by atoms with Gasteiger partial charge in [-0.25, -0.2) is 14.4 Å². The Bertz CT molecular complexity index is 1360. The standard InChI is InChI=1S/C24H26FN7O2/c1-4-33-23-9-15-17(20-10-22(26-2)31-32(20)27-3)12-30-24(18(15)13-28-23)29-11-16-14-7-8-34-21(14)6-5-19(16)25/h5-6,9-10,12-13,27H,4,7-8,11H2,1-3H3,(H,26,31)(H,29,30). The number of fused-ring (bicyclic) bond motifs is 2. The number of nitrogens with one attached hydrogen (secondary N) is 3. The number of aromatic nitrogens is 4. The van der Waals surface area contributed by atoms with Crippen LogP contribution in [0.2, 0.25) is 0 Å². The van der Waals surface area contributed by atoms with Crippen LogP contribution < -0.4 is 25.5 Å². The van der Waals surface area contributed by atoms with Crippen LogP contribution in [0.5, 0.6) is 11.6 Å². The first-order chi connectivity index (χ1) is 16.6. The minimum atomic E-state index is -0.257. The second-order valence-electron chi connectivity index (χ2n) is 7.78. The number of nitrogens with zero attached hydrogens (tertiary/aromatic N) is 4. The second-order valence-corrected chi connectivity index (χ2v) is 7.78. The molecule has 0 radical (unpaired) electrons. The first kappa shape index (κ1) is 21.7. The fourth-order valence-electron chi connectivity index (χ4n) is 4.23. The molecule has 4 heterocycles. The maximum atomic E-state index is 14.6. The van der Waals surface area contributed by atoms with E-state index in [2.05, 4.69) is 31.1 Å². The zero-order valence-corrected chi connectivity index (χ0v) is 19.3. The van der Waals surface area contributed by atoms with Gasteiger partial charge >= 0.3 is 0 Å². The molecule has 0 saturated heterocycles. The Kier molecular flexibility index (Phi) is 5.79. The third-order valence-corrected chi connectivity index (χ3v) is 5.87. The van der Waals surface area contributed by atoms with E-state index >= 15 is 0 Å². The molecule has 0 bridgehead atoms. The average molecular weight is 464 g/mol. The molecule has 34 heavy (non-hydrogen) atoms. The molecule has 9 nitrogen and oxygen atoms in total. The van der Waals surface area contributed by atoms with Crippen molar-refractivity contribution >= 4 is 22.4 Å². The van der Waals surface area contributed by atoms with Crippen molar-refractivity contribution in [3.05, 3.63) is 53.6 Å². The normalized spacial score (nSPS) is 12.4. The lowest BCUT2D eigenvalue weighted by Gasteiger charge is -2.15. The van der Waals surface area contributed by atoms with Crippen LogP contribution in [0.3, 0.4) is 0 Å². The van der Waals surface area contributed by atoms with E-state index in [1.54, 1.807) is 30.3 Å². The highest BCUT2D eigenvalue weighted by Gasteiger charge is 2.21. The Morgan fingerprint density at radius 1 is 1.15 bits per heavy atom. The monoisotopic (exact) mass is 463 g/mol. The molecular formula is C24H26FN7O2. The van der Waals surface area contributed by atoms with E-state index in [-0.39, 0.29) is 12.4 Å². The van der Waals surface area contributed by atoms with Crippen LogP contribution in [0.1, 0.15) is 18.1 Å². The SMILES string of the molecule is CCOc1cc2c(-c3cc(NC)nn3NC)cnc(NCc3c(F)ccc4c3CCO4)c2cn1. The molecule has 3 N–H and O–H groups in total. The van der Waals surface area contributed by atoms with Crippen LogP contribution in [0.4, 0.5) is 16.0 Å². The van der Waals surface area contributed by atoms with Gasteiger partial charge in [-0.05, 0) is 19.1 Å². The summed E-state index contributed by atoms with van der Waals surface area (Å²) in [4.78, 5) is 10.8. The average Bonchev–Trinajstić information content (AvgIpc) is 3.50. The Balaban J connectivity index is 1.58. The van der Waals surface area contributed by atoms with Crippen molar-refractivity contribution < 1.29 is 13.9 Å². The smallest absolute Gasteiger partial charge is 0.213 e. The van der Waals surface area contributed by atoms with E-state index in [4.69, 9.17) is 9.47 Å². The molecule has 1 aromatic carbocycles. The van der Waals surface area contributed by atoms with Gasteiger partial charge in [-0.15, -0.1) is 5.10 Å². The van der Waals surface area contributed by atoms with Gasteiger partial charge in [0.2, 0.25) is 5.88 Å². The zero-order valence-electron chi connectivity index (χ0n) is 19.3. The van der Waals surface area contributed by atoms with Crippen molar-refractivity contribution in [1.82, 2.24) is 19.9 Å². The number of halogens is 1. The largest absolute Gasteiger partial charge is 0.493 e. The number of benzene rings is 1. The maximum Gasteiger partial charge on any atom is 0.213 e. The highest BCUT2D eigenvalue weighted by atomic mass is 19.1. The number of ether oxygens (including phenoxy) is 2. The summed E-state index contributed by atoms with van der Waals surface area (Å²) < 4.78 is 25.9. The summed E-state index contributed by atoms with van der Waals surface area (Å²) in [5, 5.41) is 12.5. The lowest BCUT2D eigenvalue weighted by atomic mass is 10.0. The third kappa shape index (κ3) is 3.81. The molecule has 10 heteroatoms. The van der Waals surface area contributed by atoms with E-state index < -0.39 is 0 Å². The number of hydrogen-bond acceptors (Lipinski definition) is 8. The van der Waals surface area contributed by atoms with Crippen LogP contribution in [0, 0.1) is 5.82 Å². The molecule has 0 saturated carbocycles. The van der Waals surface area contributed by atoms with Crippen LogP contribution in [-0.2, 0) is 13.0 Å². The van der Waals surface area contributed by atoms with Gasteiger partial charge in [0.15, 0.2) is 5.82 Å². The minimum Gasteiger partial charge on any atom is -0.493 e. The van der Waals surface area contributed by atoms with Crippen molar-refractivity contribution in [2.75, 3.05) is 43.4 Å². The van der Waals surface area contributed by atoms with Crippen LogP contribution >= 0.6 is 0 Å². The summed E-state index contributed by atoms with van der Waals surface area (Å²) in [7, 11) is 3.61. The van der Waals surface area contributed by atoms with Crippen molar-refractivity contribution in [2.24, 2.45) is 0 Å². The summed E-state index contributed by atoms with van der Waals surface area (Å²) >= 11 is 0. The Hall–Kier alpha value is -4.08. The number of rotatable bonds is 8. The van der Waals surface area contributed by atoms with Crippen LogP contribution in [-0.4, -0.2) is 47.2 Å². The quantitative estimate of drug-likeness (QED) is 0.363. The molecule has 3 aromatic heterocycles. The lowest BCUT2D eigenvalue weighted by molar-refractivity contribution is 0.327. The molecule has 0 aliphatic carbocycles. The Morgan fingerprint density at radius 3 is 2.82 bits per heavy atom. The lowest BCUT2D eigenvalue weighted by Crippen LogP contribution is -2.13. The van der Waals surface area contributed by atoms with Crippen molar-refractivity contribution in [3.8, 4) is 22.9 Å². The van der Waals surface area contributed by atoms with Gasteiger partial charge in [0.05, 0.1) is 18.9 Å². The molecule has 0 atom stereocenters. The summed E-state index contributed by atoms with van der Waals surface area (Å²) in [5.74, 6) is 2.33. The predicted octanol–water partition coefficient (Wildman–Crippen LogP) is 3.79. The highest BCUT2D eigenvalue weighted by Crippen LogP contribution is 2.35. The number of hydrogen-bond donors (Lipinski definition) is 3. The molecule has 0 unspecified atom stereocenters. The molecule has 0 fully saturated rings. The van der Waals surface area contributed by atoms with Crippen molar-refractivity contribution in [3.63, 3.8) is 0 Å². The van der Waals surface area contributed by atoms with E-state index in [9.17, 15) is 4.39 Å². The summed E-state index contributed by atoms with van der Waals surface area (Å²) in [6.45, 7) is 3.27. The predicted molar refractivity (Wildman–Crippen MR) is 130 cm³/mol. The minimum absolute atomic E-state index is 0.257. The maximum absolute atomic E-state index is 14.6. The van der Waals surface area contributed by atoms with Crippen molar-refractivity contribution in [1.29, 1.82) is 0 Å². The molecule has 176 valence electrons. The Morgan fingerprint density at radius 2 is 2.03 bits per heavy atom. The van der Waals surface area contributed by atoms with Gasteiger partial charge in [0.25, 0.3) is 0 Å². The Labute approximate surface area is 196 Å². The molecule has 4 aromatic rings. The number of anilines is 2. The highest BCUT2D eigenvalue weighted by molar-refractivity contribution is 6.01. The summed E-state index contributed by atoms with van der Waals surface area (Å²) in [5.41, 5.74) is 6.25. The topological polar surface area (TPSA) is 98.2 Å². The van der Waals surface area contributed by atoms with Gasteiger partial charge in [-0.1, -0.05) is 0 Å². The zero-order chi connectivity index (χ0) is 23.7. The first-order valence-electron chi connectivity index (χ1n) is 11.2. The van der Waals surface area contributed by atoms with Gasteiger partial charge in [-0.3, -0.25) is 0 Å². The molecule has 5 rings (SSSR count). The first-order valence-corrected chi connectivity index (χ1v) is 11.2. The molecule has 0 amide bonds. The fourth-order valence-corrected chi connectivity index (χ4v) is 4.23. The van der Waals surface area contributed by atoms with E-state index in [1.807, 2.05) is 26.1 Å². The molecule has 1 aliphatic rings. The fraction of sp³-hybridized carbons (Fsp3) is 0.292. The van der Waals surface area contributed by atoms with E-state index in [1.165, 1.54) is 6.07 Å². The van der Waals surface area contributed by atoms with Gasteiger partial charge < -0.3 is 25.5 Å². The summed E-state index contributed by atoms with van der Waals surface area (Å²) in [6.07, 6.45) is 4.20. The molecule has 0 spiro atoms. The molecule has 1 aliphatic heterocycles. The van der Waals surface area contributed by atoms with Gasteiger partial charge in [-0.2, -0.15) is 4.79 Å². The van der Waals surface area contributed by atoms with Gasteiger partial charge in [0.1, 0.15) is 17.4 Å². The molecular weight excluding hydrogens is 437 g/mol. The summed E-state index contributed by atoms with van der Waals surface area (Å²) in [6, 6.07) is 6.96. The van der Waals surface area contributed by atoms with Crippen molar-refractivity contribution in [2.45, 2.75) is 19.9 Å². The van der Waals surface area contributed by atoms with Crippen LogP contribution in [0.25, 0.3) is 22.0 Å². The van der Waals surface area contributed by atoms with E-state index in [0.717, 1.165) is 39.2 Å². The van der Waals surface area contributed by atoms with Gasteiger partial charge in [0, 0.05) is 79.1 Å².